The van der Waals surface area contributed by atoms with E-state index in [1.54, 1.807) is 0 Å². The number of fused-ring (bicyclic) bond motifs is 1. The number of hydrogen-bond acceptors (Lipinski definition) is 15. The predicted octanol–water partition coefficient (Wildman–Crippen LogP) is -1.74. The average molecular weight is 595 g/mol. The Morgan fingerprint density at radius 1 is 0.786 bits per heavy atom. The van der Waals surface area contributed by atoms with Gasteiger partial charge in [-0.3, -0.25) is 4.79 Å². The molecule has 0 radical (unpaired) electrons. The Balaban J connectivity index is 1.58. The van der Waals surface area contributed by atoms with E-state index < -0.39 is 90.3 Å². The third kappa shape index (κ3) is 5.37. The van der Waals surface area contributed by atoms with Crippen molar-refractivity contribution in [3.63, 3.8) is 0 Å². The van der Waals surface area contributed by atoms with E-state index in [4.69, 9.17) is 23.4 Å². The van der Waals surface area contributed by atoms with Crippen LogP contribution in [0.25, 0.3) is 22.3 Å². The molecule has 15 nitrogen and oxygen atoms in total. The molecule has 2 saturated heterocycles. The maximum atomic E-state index is 13.7. The quantitative estimate of drug-likeness (QED) is 0.154. The molecular formula is C27H30O15. The standard InChI is InChI=1S/C27H30O15/c1-9-17(31)20(34)22(36)26(38-9)39-12-6-13(30)16-14(7-12)40-24(10-2-4-11(29)5-3-10)25(19(16)33)42-27-23(37)21(35)18(32)15(8-28)41-27/h2-7,9,15,17-18,20-23,26-32,34-37H,8H2,1H3/t9-,15+,17-,18+,20+,21-,22+,23+,26?,27+/m0/s1. The molecule has 0 saturated carbocycles. The summed E-state index contributed by atoms with van der Waals surface area (Å²) in [5, 5.41) is 90.7. The van der Waals surface area contributed by atoms with E-state index in [0.29, 0.717) is 0 Å². The summed E-state index contributed by atoms with van der Waals surface area (Å²) in [4.78, 5) is 13.7. The molecule has 228 valence electrons. The fourth-order valence-electron chi connectivity index (χ4n) is 4.76. The minimum atomic E-state index is -1.87. The van der Waals surface area contributed by atoms with Gasteiger partial charge in [0.25, 0.3) is 0 Å². The van der Waals surface area contributed by atoms with Crippen molar-refractivity contribution in [3.8, 4) is 34.3 Å². The molecule has 15 heteroatoms. The lowest BCUT2D eigenvalue weighted by atomic mass is 9.99. The molecule has 0 amide bonds. The van der Waals surface area contributed by atoms with E-state index in [-0.39, 0.29) is 28.4 Å². The summed E-state index contributed by atoms with van der Waals surface area (Å²) in [5.74, 6) is -1.77. The van der Waals surface area contributed by atoms with E-state index in [2.05, 4.69) is 0 Å². The third-order valence-electron chi connectivity index (χ3n) is 7.18. The minimum Gasteiger partial charge on any atom is -0.508 e. The molecule has 2 aromatic carbocycles. The molecule has 1 unspecified atom stereocenters. The first kappa shape index (κ1) is 30.0. The lowest BCUT2D eigenvalue weighted by Gasteiger charge is -2.39. The molecule has 3 aromatic rings. The summed E-state index contributed by atoms with van der Waals surface area (Å²) >= 11 is 0. The highest BCUT2D eigenvalue weighted by molar-refractivity contribution is 5.88. The highest BCUT2D eigenvalue weighted by Gasteiger charge is 2.46. The third-order valence-corrected chi connectivity index (χ3v) is 7.18. The topological polar surface area (TPSA) is 249 Å². The Bertz CT molecular complexity index is 1470. The molecule has 42 heavy (non-hydrogen) atoms. The van der Waals surface area contributed by atoms with E-state index in [1.807, 2.05) is 0 Å². The number of phenolic OH excluding ortho intramolecular Hbond substituents is 2. The van der Waals surface area contributed by atoms with Crippen molar-refractivity contribution >= 4 is 11.0 Å². The number of aromatic hydroxyl groups is 2. The highest BCUT2D eigenvalue weighted by Crippen LogP contribution is 2.38. The monoisotopic (exact) mass is 594 g/mol. The second-order valence-corrected chi connectivity index (χ2v) is 10.1. The minimum absolute atomic E-state index is 0.112. The van der Waals surface area contributed by atoms with E-state index >= 15 is 0 Å². The van der Waals surface area contributed by atoms with Gasteiger partial charge in [0, 0.05) is 17.7 Å². The average Bonchev–Trinajstić information content (AvgIpc) is 2.96. The number of hydrogen-bond donors (Lipinski definition) is 9. The molecular weight excluding hydrogens is 564 g/mol. The molecule has 3 heterocycles. The smallest absolute Gasteiger partial charge is 0.239 e. The van der Waals surface area contributed by atoms with Crippen LogP contribution in [-0.4, -0.2) is 114 Å². The Hall–Kier alpha value is -3.51. The Morgan fingerprint density at radius 3 is 2.05 bits per heavy atom. The van der Waals surface area contributed by atoms with Crippen molar-refractivity contribution in [3.05, 3.63) is 46.6 Å². The zero-order valence-corrected chi connectivity index (χ0v) is 21.9. The number of benzene rings is 2. The van der Waals surface area contributed by atoms with Gasteiger partial charge in [-0.15, -0.1) is 0 Å². The van der Waals surface area contributed by atoms with Crippen LogP contribution >= 0.6 is 0 Å². The normalized spacial score (nSPS) is 33.4. The molecule has 0 bridgehead atoms. The van der Waals surface area contributed by atoms with E-state index in [1.165, 1.54) is 37.3 Å². The Kier molecular flexibility index (Phi) is 8.30. The Morgan fingerprint density at radius 2 is 1.40 bits per heavy atom. The van der Waals surface area contributed by atoms with Crippen LogP contribution in [0.4, 0.5) is 0 Å². The largest absolute Gasteiger partial charge is 0.508 e. The highest BCUT2D eigenvalue weighted by atomic mass is 16.7. The fraction of sp³-hybridized carbons (Fsp3) is 0.444. The molecule has 2 aliphatic heterocycles. The Labute approximate surface area is 236 Å². The predicted molar refractivity (Wildman–Crippen MR) is 139 cm³/mol. The van der Waals surface area contributed by atoms with Crippen molar-refractivity contribution < 1.29 is 69.3 Å². The van der Waals surface area contributed by atoms with Gasteiger partial charge >= 0.3 is 0 Å². The summed E-state index contributed by atoms with van der Waals surface area (Å²) in [6.07, 6.45) is -15.5. The van der Waals surface area contributed by atoms with Gasteiger partial charge in [-0.25, -0.2) is 0 Å². The van der Waals surface area contributed by atoms with Crippen LogP contribution in [0.3, 0.4) is 0 Å². The summed E-state index contributed by atoms with van der Waals surface area (Å²) in [5.41, 5.74) is -1.01. The number of rotatable bonds is 6. The van der Waals surface area contributed by atoms with Crippen LogP contribution in [0.15, 0.2) is 45.6 Å². The van der Waals surface area contributed by atoms with Crippen molar-refractivity contribution in [2.24, 2.45) is 0 Å². The van der Waals surface area contributed by atoms with Gasteiger partial charge in [0.15, 0.2) is 5.76 Å². The van der Waals surface area contributed by atoms with Crippen molar-refractivity contribution in [1.29, 1.82) is 0 Å². The summed E-state index contributed by atoms with van der Waals surface area (Å²) in [6, 6.07) is 7.53. The first-order chi connectivity index (χ1) is 19.9. The number of aliphatic hydroxyl groups is 7. The van der Waals surface area contributed by atoms with Crippen molar-refractivity contribution in [2.75, 3.05) is 6.61 Å². The number of aliphatic hydroxyl groups excluding tert-OH is 7. The lowest BCUT2D eigenvalue weighted by molar-refractivity contribution is -0.277. The van der Waals surface area contributed by atoms with Gasteiger partial charge in [-0.05, 0) is 31.2 Å². The van der Waals surface area contributed by atoms with Crippen LogP contribution in [0.2, 0.25) is 0 Å². The van der Waals surface area contributed by atoms with Gasteiger partial charge in [0.05, 0.1) is 12.7 Å². The van der Waals surface area contributed by atoms with E-state index in [9.17, 15) is 50.8 Å². The maximum Gasteiger partial charge on any atom is 0.239 e. The zero-order valence-electron chi connectivity index (χ0n) is 21.9. The summed E-state index contributed by atoms with van der Waals surface area (Å²) < 4.78 is 28.0. The molecule has 2 fully saturated rings. The lowest BCUT2D eigenvalue weighted by Crippen LogP contribution is -2.60. The summed E-state index contributed by atoms with van der Waals surface area (Å²) in [6.45, 7) is 0.702. The number of phenols is 2. The van der Waals surface area contributed by atoms with Gasteiger partial charge < -0.3 is 69.3 Å². The maximum absolute atomic E-state index is 13.7. The van der Waals surface area contributed by atoms with Crippen LogP contribution in [0, 0.1) is 0 Å². The summed E-state index contributed by atoms with van der Waals surface area (Å²) in [7, 11) is 0. The molecule has 0 spiro atoms. The number of ether oxygens (including phenoxy) is 4. The molecule has 5 rings (SSSR count). The van der Waals surface area contributed by atoms with Gasteiger partial charge in [-0.2, -0.15) is 0 Å². The second-order valence-electron chi connectivity index (χ2n) is 10.1. The first-order valence-corrected chi connectivity index (χ1v) is 12.9. The molecule has 10 atom stereocenters. The van der Waals surface area contributed by atoms with Crippen LogP contribution in [0.5, 0.6) is 23.0 Å². The van der Waals surface area contributed by atoms with Gasteiger partial charge in [0.1, 0.15) is 70.9 Å². The zero-order chi connectivity index (χ0) is 30.5. The molecule has 9 N–H and O–H groups in total. The van der Waals surface area contributed by atoms with Crippen LogP contribution in [0.1, 0.15) is 6.92 Å². The molecule has 2 aliphatic rings. The first-order valence-electron chi connectivity index (χ1n) is 12.9. The molecule has 1 aromatic heterocycles. The van der Waals surface area contributed by atoms with E-state index in [0.717, 1.165) is 6.07 Å². The molecule has 0 aliphatic carbocycles. The van der Waals surface area contributed by atoms with Crippen LogP contribution < -0.4 is 14.9 Å². The van der Waals surface area contributed by atoms with Crippen molar-refractivity contribution in [1.82, 2.24) is 0 Å². The van der Waals surface area contributed by atoms with Crippen molar-refractivity contribution in [2.45, 2.75) is 68.3 Å². The van der Waals surface area contributed by atoms with Crippen LogP contribution in [-0.2, 0) is 9.47 Å². The fourth-order valence-corrected chi connectivity index (χ4v) is 4.76. The SMILES string of the molecule is C[C@@H]1OC(Oc2cc(O)c3c(=O)c(O[C@H]4O[C@H](CO)[C@@H](O)[C@H](O)[C@H]4O)c(-c4ccc(O)cc4)oc3c2)[C@H](O)[C@H](O)[C@H]1O. The van der Waals surface area contributed by atoms with Gasteiger partial charge in [0.2, 0.25) is 23.8 Å². The van der Waals surface area contributed by atoms with Gasteiger partial charge in [-0.1, -0.05) is 0 Å². The second kappa shape index (κ2) is 11.6.